The number of benzene rings is 2. The maximum atomic E-state index is 5.60. The Labute approximate surface area is 143 Å². The van der Waals surface area contributed by atoms with Crippen molar-refractivity contribution in [2.24, 2.45) is 5.73 Å². The number of nitrogens with zero attached hydrogens (tertiary/aromatic N) is 3. The van der Waals surface area contributed by atoms with Gasteiger partial charge in [0.1, 0.15) is 0 Å². The average Bonchev–Trinajstić information content (AvgIpc) is 3.12. The molecule has 0 bridgehead atoms. The Morgan fingerprint density at radius 2 is 1.71 bits per heavy atom. The summed E-state index contributed by atoms with van der Waals surface area (Å²) in [4.78, 5) is 2.32. The first-order valence-corrected chi connectivity index (χ1v) is 8.30. The zero-order valence-corrected chi connectivity index (χ0v) is 14.1. The lowest BCUT2D eigenvalue weighted by Crippen LogP contribution is -2.17. The highest BCUT2D eigenvalue weighted by Gasteiger charge is 2.04. The van der Waals surface area contributed by atoms with Gasteiger partial charge in [0, 0.05) is 25.5 Å². The first-order chi connectivity index (χ1) is 11.7. The van der Waals surface area contributed by atoms with E-state index in [-0.39, 0.29) is 0 Å². The Bertz CT molecular complexity index is 748. The van der Waals surface area contributed by atoms with E-state index in [1.807, 2.05) is 16.9 Å². The van der Waals surface area contributed by atoms with Crippen molar-refractivity contribution in [1.29, 1.82) is 0 Å². The van der Waals surface area contributed by atoms with E-state index in [0.29, 0.717) is 6.54 Å². The topological polar surface area (TPSA) is 47.1 Å². The van der Waals surface area contributed by atoms with E-state index < -0.39 is 0 Å². The second-order valence-electron chi connectivity index (χ2n) is 6.15. The molecule has 0 aliphatic rings. The Kier molecular flexibility index (Phi) is 5.41. The molecule has 1 heterocycles. The molecule has 0 fully saturated rings. The molecule has 0 saturated heterocycles. The summed E-state index contributed by atoms with van der Waals surface area (Å²) in [7, 11) is 2.15. The molecule has 3 rings (SSSR count). The fourth-order valence-corrected chi connectivity index (χ4v) is 2.88. The predicted molar refractivity (Wildman–Crippen MR) is 97.9 cm³/mol. The van der Waals surface area contributed by atoms with Gasteiger partial charge >= 0.3 is 0 Å². The van der Waals surface area contributed by atoms with Crippen molar-refractivity contribution in [1.82, 2.24) is 14.7 Å². The molecule has 1 aromatic heterocycles. The molecule has 124 valence electrons. The van der Waals surface area contributed by atoms with E-state index in [2.05, 4.69) is 65.6 Å². The van der Waals surface area contributed by atoms with Crippen LogP contribution in [0.3, 0.4) is 0 Å². The molecule has 2 N–H and O–H groups in total. The quantitative estimate of drug-likeness (QED) is 0.728. The molecule has 3 aromatic rings. The van der Waals surface area contributed by atoms with Gasteiger partial charge in [0.2, 0.25) is 0 Å². The van der Waals surface area contributed by atoms with E-state index in [4.69, 9.17) is 5.73 Å². The fraction of sp³-hybridized carbons (Fsp3) is 0.250. The van der Waals surface area contributed by atoms with E-state index >= 15 is 0 Å². The summed E-state index contributed by atoms with van der Waals surface area (Å²) in [5.41, 5.74) is 10.6. The Balaban J connectivity index is 1.62. The van der Waals surface area contributed by atoms with Crippen molar-refractivity contribution >= 4 is 0 Å². The van der Waals surface area contributed by atoms with Crippen LogP contribution in [0, 0.1) is 0 Å². The molecule has 0 saturated carbocycles. The van der Waals surface area contributed by atoms with Crippen molar-refractivity contribution in [2.45, 2.75) is 19.5 Å². The van der Waals surface area contributed by atoms with Crippen LogP contribution in [-0.2, 0) is 19.5 Å². The average molecular weight is 320 g/mol. The van der Waals surface area contributed by atoms with Crippen molar-refractivity contribution < 1.29 is 0 Å². The summed E-state index contributed by atoms with van der Waals surface area (Å²) in [5, 5.41) is 4.29. The first kappa shape index (κ1) is 16.4. The van der Waals surface area contributed by atoms with Gasteiger partial charge in [0.05, 0.1) is 5.69 Å². The highest BCUT2D eigenvalue weighted by atomic mass is 15.3. The summed E-state index contributed by atoms with van der Waals surface area (Å²) >= 11 is 0. The maximum Gasteiger partial charge on any atom is 0.0648 e. The normalized spacial score (nSPS) is 11.1. The van der Waals surface area contributed by atoms with Crippen LogP contribution in [0.4, 0.5) is 0 Å². The molecule has 24 heavy (non-hydrogen) atoms. The molecular formula is C20H24N4. The third-order valence-electron chi connectivity index (χ3n) is 4.04. The van der Waals surface area contributed by atoms with Crippen LogP contribution >= 0.6 is 0 Å². The van der Waals surface area contributed by atoms with Gasteiger partial charge in [-0.3, -0.25) is 4.90 Å². The number of rotatable bonds is 7. The molecule has 0 amide bonds. The summed E-state index contributed by atoms with van der Waals surface area (Å²) < 4.78 is 1.89. The van der Waals surface area contributed by atoms with Crippen LogP contribution < -0.4 is 5.73 Å². The summed E-state index contributed by atoms with van der Waals surface area (Å²) in [6.07, 6.45) is 4.70. The smallest absolute Gasteiger partial charge is 0.0648 e. The molecule has 0 aliphatic heterocycles. The van der Waals surface area contributed by atoms with Crippen LogP contribution in [-0.4, -0.2) is 28.3 Å². The first-order valence-electron chi connectivity index (χ1n) is 8.30. The third-order valence-corrected chi connectivity index (χ3v) is 4.04. The van der Waals surface area contributed by atoms with E-state index in [1.165, 1.54) is 16.7 Å². The van der Waals surface area contributed by atoms with Gasteiger partial charge in [-0.2, -0.15) is 5.10 Å². The summed E-state index contributed by atoms with van der Waals surface area (Å²) in [6, 6.07) is 19.2. The van der Waals surface area contributed by atoms with Crippen LogP contribution in [0.15, 0.2) is 67.0 Å². The Morgan fingerprint density at radius 3 is 2.42 bits per heavy atom. The van der Waals surface area contributed by atoms with Gasteiger partial charge in [-0.1, -0.05) is 36.4 Å². The minimum Gasteiger partial charge on any atom is -0.330 e. The number of nitrogens with two attached hydrogens (primary N) is 1. The van der Waals surface area contributed by atoms with Gasteiger partial charge in [-0.25, -0.2) is 4.68 Å². The monoisotopic (exact) mass is 320 g/mol. The molecule has 4 heteroatoms. The van der Waals surface area contributed by atoms with Crippen LogP contribution in [0.5, 0.6) is 0 Å². The Hall–Kier alpha value is -2.43. The lowest BCUT2D eigenvalue weighted by Gasteiger charge is -2.17. The lowest BCUT2D eigenvalue weighted by atomic mass is 10.1. The lowest BCUT2D eigenvalue weighted by molar-refractivity contribution is 0.319. The fourth-order valence-electron chi connectivity index (χ4n) is 2.88. The third kappa shape index (κ3) is 4.31. The zero-order chi connectivity index (χ0) is 16.8. The highest BCUT2D eigenvalue weighted by Crippen LogP contribution is 2.13. The zero-order valence-electron chi connectivity index (χ0n) is 14.1. The maximum absolute atomic E-state index is 5.60. The van der Waals surface area contributed by atoms with E-state index in [9.17, 15) is 0 Å². The van der Waals surface area contributed by atoms with Crippen molar-refractivity contribution in [3.8, 4) is 5.69 Å². The number of hydrogen-bond donors (Lipinski definition) is 1. The van der Waals surface area contributed by atoms with Gasteiger partial charge in [-0.05, 0) is 54.9 Å². The standard InChI is InChI=1S/C20H24N4/c1-23(15-18-8-6-17(7-9-18)10-11-21)16-19-4-2-5-20(14-19)24-13-3-12-22-24/h2-9,12-14H,10-11,15-16,21H2,1H3. The second kappa shape index (κ2) is 7.90. The molecular weight excluding hydrogens is 296 g/mol. The van der Waals surface area contributed by atoms with Gasteiger partial charge in [0.15, 0.2) is 0 Å². The SMILES string of the molecule is CN(Cc1ccc(CCN)cc1)Cc1cccc(-n2cccn2)c1. The summed E-state index contributed by atoms with van der Waals surface area (Å²) in [6.45, 7) is 2.53. The molecule has 4 nitrogen and oxygen atoms in total. The van der Waals surface area contributed by atoms with Gasteiger partial charge in [0.25, 0.3) is 0 Å². The van der Waals surface area contributed by atoms with E-state index in [0.717, 1.165) is 25.2 Å². The number of aromatic nitrogens is 2. The van der Waals surface area contributed by atoms with Gasteiger partial charge < -0.3 is 5.73 Å². The molecule has 0 spiro atoms. The van der Waals surface area contributed by atoms with Crippen LogP contribution in [0.25, 0.3) is 5.69 Å². The predicted octanol–water partition coefficient (Wildman–Crippen LogP) is 3.01. The summed E-state index contributed by atoms with van der Waals surface area (Å²) in [5.74, 6) is 0. The van der Waals surface area contributed by atoms with Gasteiger partial charge in [-0.15, -0.1) is 0 Å². The Morgan fingerprint density at radius 1 is 0.958 bits per heavy atom. The van der Waals surface area contributed by atoms with Crippen LogP contribution in [0.1, 0.15) is 16.7 Å². The molecule has 0 radical (unpaired) electrons. The van der Waals surface area contributed by atoms with Crippen molar-refractivity contribution in [3.05, 3.63) is 83.7 Å². The molecule has 0 atom stereocenters. The second-order valence-corrected chi connectivity index (χ2v) is 6.15. The largest absolute Gasteiger partial charge is 0.330 e. The minimum atomic E-state index is 0.700. The van der Waals surface area contributed by atoms with Crippen molar-refractivity contribution in [3.63, 3.8) is 0 Å². The number of hydrogen-bond acceptors (Lipinski definition) is 3. The molecule has 0 unspecified atom stereocenters. The molecule has 2 aromatic carbocycles. The molecule has 0 aliphatic carbocycles. The van der Waals surface area contributed by atoms with Crippen LogP contribution in [0.2, 0.25) is 0 Å². The minimum absolute atomic E-state index is 0.700. The van der Waals surface area contributed by atoms with Crippen molar-refractivity contribution in [2.75, 3.05) is 13.6 Å². The highest BCUT2D eigenvalue weighted by molar-refractivity contribution is 5.35. The van der Waals surface area contributed by atoms with E-state index in [1.54, 1.807) is 6.20 Å².